The van der Waals surface area contributed by atoms with Crippen LogP contribution in [0.3, 0.4) is 0 Å². The van der Waals surface area contributed by atoms with Gasteiger partial charge >= 0.3 is 0 Å². The van der Waals surface area contributed by atoms with E-state index in [2.05, 4.69) is 4.98 Å². The van der Waals surface area contributed by atoms with E-state index in [0.29, 0.717) is 16.9 Å². The fourth-order valence-electron chi connectivity index (χ4n) is 1.74. The lowest BCUT2D eigenvalue weighted by Gasteiger charge is -2.16. The van der Waals surface area contributed by atoms with Crippen LogP contribution in [-0.4, -0.2) is 23.2 Å². The number of aromatic nitrogens is 1. The zero-order valence-corrected chi connectivity index (χ0v) is 10.8. The van der Waals surface area contributed by atoms with E-state index in [1.807, 2.05) is 0 Å². The van der Waals surface area contributed by atoms with Crippen LogP contribution in [0.15, 0.2) is 12.3 Å². The van der Waals surface area contributed by atoms with Gasteiger partial charge in [-0.1, -0.05) is 23.2 Å². The predicted octanol–water partition coefficient (Wildman–Crippen LogP) is 2.78. The van der Waals surface area contributed by atoms with E-state index in [9.17, 15) is 4.79 Å². The molecule has 0 spiro atoms. The number of halogens is 2. The highest BCUT2D eigenvalue weighted by molar-refractivity contribution is 6.41. The standard InChI is InChI=1S/C11H11Cl2NO3/c1-11(2)16-8(5-15)9(17-11)6-3-7(12)10(13)14-4-6/h3-5,8-9H,1-2H3. The van der Waals surface area contributed by atoms with E-state index in [0.717, 1.165) is 0 Å². The van der Waals surface area contributed by atoms with Gasteiger partial charge in [0.25, 0.3) is 0 Å². The highest BCUT2D eigenvalue weighted by Crippen LogP contribution is 2.38. The van der Waals surface area contributed by atoms with Gasteiger partial charge in [0.1, 0.15) is 17.4 Å². The van der Waals surface area contributed by atoms with Crippen LogP contribution in [0.5, 0.6) is 0 Å². The number of carbonyl (C=O) groups is 1. The fourth-order valence-corrected chi connectivity index (χ4v) is 2.02. The molecule has 0 bridgehead atoms. The van der Waals surface area contributed by atoms with Crippen molar-refractivity contribution < 1.29 is 14.3 Å². The lowest BCUT2D eigenvalue weighted by atomic mass is 10.1. The number of rotatable bonds is 2. The van der Waals surface area contributed by atoms with Gasteiger partial charge in [0.05, 0.1) is 5.02 Å². The molecular formula is C11H11Cl2NO3. The fraction of sp³-hybridized carbons (Fsp3) is 0.455. The largest absolute Gasteiger partial charge is 0.339 e. The van der Waals surface area contributed by atoms with Gasteiger partial charge in [-0.2, -0.15) is 0 Å². The van der Waals surface area contributed by atoms with Crippen LogP contribution in [0.1, 0.15) is 25.5 Å². The number of hydrogen-bond acceptors (Lipinski definition) is 4. The van der Waals surface area contributed by atoms with Crippen molar-refractivity contribution in [1.82, 2.24) is 4.98 Å². The van der Waals surface area contributed by atoms with Gasteiger partial charge in [-0.3, -0.25) is 0 Å². The van der Waals surface area contributed by atoms with Crippen molar-refractivity contribution >= 4 is 29.5 Å². The summed E-state index contributed by atoms with van der Waals surface area (Å²) in [5.74, 6) is -0.803. The first-order chi connectivity index (χ1) is 7.93. The van der Waals surface area contributed by atoms with Crippen LogP contribution in [0.2, 0.25) is 10.2 Å². The molecule has 1 fully saturated rings. The van der Waals surface area contributed by atoms with Crippen molar-refractivity contribution in [3.05, 3.63) is 28.0 Å². The summed E-state index contributed by atoms with van der Waals surface area (Å²) < 4.78 is 11.1. The molecule has 0 aliphatic carbocycles. The average molecular weight is 276 g/mol. The minimum atomic E-state index is -0.803. The zero-order valence-electron chi connectivity index (χ0n) is 9.31. The summed E-state index contributed by atoms with van der Waals surface area (Å²) >= 11 is 11.6. The molecule has 2 rings (SSSR count). The third-order valence-electron chi connectivity index (χ3n) is 2.41. The molecule has 0 amide bonds. The molecule has 0 N–H and O–H groups in total. The maximum absolute atomic E-state index is 10.9. The second-order valence-corrected chi connectivity index (χ2v) is 4.96. The Labute approximate surface area is 109 Å². The summed E-state index contributed by atoms with van der Waals surface area (Å²) in [5.41, 5.74) is 0.669. The normalized spacial score (nSPS) is 27.1. The molecule has 4 nitrogen and oxygen atoms in total. The molecule has 1 aromatic heterocycles. The topological polar surface area (TPSA) is 48.4 Å². The zero-order chi connectivity index (χ0) is 12.6. The highest BCUT2D eigenvalue weighted by Gasteiger charge is 2.42. The number of hydrogen-bond donors (Lipinski definition) is 0. The number of nitrogens with zero attached hydrogens (tertiary/aromatic N) is 1. The molecule has 0 aromatic carbocycles. The maximum atomic E-state index is 10.9. The van der Waals surface area contributed by atoms with Crippen LogP contribution in [0.4, 0.5) is 0 Å². The molecule has 1 aliphatic rings. The molecule has 6 heteroatoms. The predicted molar refractivity (Wildman–Crippen MR) is 63.1 cm³/mol. The first kappa shape index (κ1) is 12.8. The van der Waals surface area contributed by atoms with E-state index in [1.165, 1.54) is 6.20 Å². The minimum Gasteiger partial charge on any atom is -0.339 e. The highest BCUT2D eigenvalue weighted by atomic mass is 35.5. The molecule has 1 aromatic rings. The van der Waals surface area contributed by atoms with Crippen molar-refractivity contribution in [2.24, 2.45) is 0 Å². The van der Waals surface area contributed by atoms with Crippen molar-refractivity contribution in [2.45, 2.75) is 31.8 Å². The Balaban J connectivity index is 2.32. The molecular weight excluding hydrogens is 265 g/mol. The molecule has 92 valence electrons. The van der Waals surface area contributed by atoms with Gasteiger partial charge in [0.15, 0.2) is 12.1 Å². The van der Waals surface area contributed by atoms with E-state index in [4.69, 9.17) is 32.7 Å². The number of aldehydes is 1. The second-order valence-electron chi connectivity index (χ2n) is 4.20. The third kappa shape index (κ3) is 2.60. The van der Waals surface area contributed by atoms with Gasteiger partial charge in [0.2, 0.25) is 0 Å². The Morgan fingerprint density at radius 2 is 2.12 bits per heavy atom. The van der Waals surface area contributed by atoms with Gasteiger partial charge < -0.3 is 14.3 Å². The summed E-state index contributed by atoms with van der Waals surface area (Å²) in [7, 11) is 0. The van der Waals surface area contributed by atoms with Crippen molar-refractivity contribution in [3.8, 4) is 0 Å². The Hall–Kier alpha value is -0.680. The first-order valence-electron chi connectivity index (χ1n) is 5.05. The minimum absolute atomic E-state index is 0.219. The molecule has 2 heterocycles. The lowest BCUT2D eigenvalue weighted by molar-refractivity contribution is -0.150. The Morgan fingerprint density at radius 3 is 2.71 bits per heavy atom. The average Bonchev–Trinajstić information content (AvgIpc) is 2.58. The van der Waals surface area contributed by atoms with Crippen LogP contribution in [0, 0.1) is 0 Å². The number of carbonyl (C=O) groups excluding carboxylic acids is 1. The van der Waals surface area contributed by atoms with E-state index in [-0.39, 0.29) is 5.15 Å². The Morgan fingerprint density at radius 1 is 1.41 bits per heavy atom. The molecule has 1 saturated heterocycles. The number of ether oxygens (including phenoxy) is 2. The van der Waals surface area contributed by atoms with E-state index >= 15 is 0 Å². The van der Waals surface area contributed by atoms with Crippen molar-refractivity contribution in [3.63, 3.8) is 0 Å². The summed E-state index contributed by atoms with van der Waals surface area (Å²) in [6.45, 7) is 3.49. The monoisotopic (exact) mass is 275 g/mol. The molecule has 2 atom stereocenters. The van der Waals surface area contributed by atoms with Gasteiger partial charge in [-0.15, -0.1) is 0 Å². The SMILES string of the molecule is CC1(C)OC(C=O)C(c2cnc(Cl)c(Cl)c2)O1. The van der Waals surface area contributed by atoms with E-state index < -0.39 is 18.0 Å². The molecule has 2 unspecified atom stereocenters. The molecule has 17 heavy (non-hydrogen) atoms. The second kappa shape index (κ2) is 4.53. The molecule has 0 saturated carbocycles. The van der Waals surface area contributed by atoms with Crippen molar-refractivity contribution in [1.29, 1.82) is 0 Å². The van der Waals surface area contributed by atoms with Gasteiger partial charge in [-0.05, 0) is 19.9 Å². The lowest BCUT2D eigenvalue weighted by Crippen LogP contribution is -2.21. The van der Waals surface area contributed by atoms with Crippen LogP contribution in [0.25, 0.3) is 0 Å². The summed E-state index contributed by atoms with van der Waals surface area (Å²) in [4.78, 5) is 14.9. The summed E-state index contributed by atoms with van der Waals surface area (Å²) in [5, 5.41) is 0.540. The summed E-state index contributed by atoms with van der Waals surface area (Å²) in [6, 6.07) is 1.63. The van der Waals surface area contributed by atoms with Crippen molar-refractivity contribution in [2.75, 3.05) is 0 Å². The quantitative estimate of drug-likeness (QED) is 0.615. The van der Waals surface area contributed by atoms with Gasteiger partial charge in [0, 0.05) is 11.8 Å². The number of pyridine rings is 1. The summed E-state index contributed by atoms with van der Waals surface area (Å²) in [6.07, 6.45) is 1.07. The maximum Gasteiger partial charge on any atom is 0.164 e. The van der Waals surface area contributed by atoms with Gasteiger partial charge in [-0.25, -0.2) is 4.98 Å². The van der Waals surface area contributed by atoms with E-state index in [1.54, 1.807) is 19.9 Å². The molecule has 0 radical (unpaired) electrons. The van der Waals surface area contributed by atoms with Crippen LogP contribution in [-0.2, 0) is 14.3 Å². The first-order valence-corrected chi connectivity index (χ1v) is 5.80. The van der Waals surface area contributed by atoms with Crippen LogP contribution < -0.4 is 0 Å². The van der Waals surface area contributed by atoms with Crippen LogP contribution >= 0.6 is 23.2 Å². The third-order valence-corrected chi connectivity index (χ3v) is 3.10. The Bertz CT molecular complexity index is 450. The smallest absolute Gasteiger partial charge is 0.164 e. The Kier molecular flexibility index (Phi) is 3.41. The molecule has 1 aliphatic heterocycles.